The van der Waals surface area contributed by atoms with E-state index in [0.717, 1.165) is 10.2 Å². The second-order valence-electron chi connectivity index (χ2n) is 3.87. The fraction of sp³-hybridized carbons (Fsp3) is 0.400. The van der Waals surface area contributed by atoms with Crippen LogP contribution in [0, 0.1) is 0 Å². The molecule has 0 heterocycles. The fourth-order valence-electron chi connectivity index (χ4n) is 0.936. The van der Waals surface area contributed by atoms with E-state index in [-0.39, 0.29) is 5.60 Å². The van der Waals surface area contributed by atoms with Crippen LogP contribution in [0.4, 0.5) is 5.69 Å². The fourth-order valence-corrected chi connectivity index (χ4v) is 1.28. The molecule has 0 atom stereocenters. The maximum absolute atomic E-state index is 5.82. The molecule has 0 aliphatic rings. The molecule has 0 spiro atoms. The van der Waals surface area contributed by atoms with Crippen molar-refractivity contribution in [3.8, 4) is 5.75 Å². The van der Waals surface area contributed by atoms with E-state index in [2.05, 4.69) is 15.9 Å². The summed E-state index contributed by atoms with van der Waals surface area (Å²) in [6, 6.07) is 5.66. The third-order valence-corrected chi connectivity index (χ3v) is 2.12. The number of rotatable bonds is 1. The Morgan fingerprint density at radius 3 is 2.46 bits per heavy atom. The Bertz CT molecular complexity index is 304. The third-order valence-electron chi connectivity index (χ3n) is 1.43. The zero-order valence-electron chi connectivity index (χ0n) is 8.10. The van der Waals surface area contributed by atoms with Gasteiger partial charge in [-0.3, -0.25) is 0 Å². The normalized spacial score (nSPS) is 11.4. The van der Waals surface area contributed by atoms with Gasteiger partial charge in [0.05, 0.1) is 5.69 Å². The van der Waals surface area contributed by atoms with Crippen molar-refractivity contribution in [2.24, 2.45) is 0 Å². The molecule has 0 aromatic heterocycles. The average Bonchev–Trinajstić information content (AvgIpc) is 1.96. The highest BCUT2D eigenvalue weighted by Crippen LogP contribution is 2.31. The van der Waals surface area contributed by atoms with Crippen LogP contribution in [-0.2, 0) is 0 Å². The van der Waals surface area contributed by atoms with Gasteiger partial charge in [0.25, 0.3) is 0 Å². The predicted molar refractivity (Wildman–Crippen MR) is 58.9 cm³/mol. The molecule has 0 unspecified atom stereocenters. The Morgan fingerprint density at radius 2 is 1.92 bits per heavy atom. The molecule has 3 heteroatoms. The number of nitrogen functional groups attached to an aromatic ring is 1. The van der Waals surface area contributed by atoms with Crippen LogP contribution in [-0.4, -0.2) is 5.60 Å². The SMILES string of the molecule is CC(C)(C)Oc1cccc(Br)c1N. The van der Waals surface area contributed by atoms with E-state index in [1.165, 1.54) is 0 Å². The van der Waals surface area contributed by atoms with Crippen molar-refractivity contribution in [2.75, 3.05) is 5.73 Å². The predicted octanol–water partition coefficient (Wildman–Crippen LogP) is 3.21. The lowest BCUT2D eigenvalue weighted by Crippen LogP contribution is -2.23. The van der Waals surface area contributed by atoms with E-state index in [0.29, 0.717) is 5.69 Å². The molecule has 0 amide bonds. The first-order valence-corrected chi connectivity index (χ1v) is 4.92. The lowest BCUT2D eigenvalue weighted by atomic mass is 10.2. The van der Waals surface area contributed by atoms with Crippen LogP contribution in [0.15, 0.2) is 22.7 Å². The summed E-state index contributed by atoms with van der Waals surface area (Å²) in [5.74, 6) is 0.724. The Morgan fingerprint density at radius 1 is 1.31 bits per heavy atom. The maximum atomic E-state index is 5.82. The van der Waals surface area contributed by atoms with E-state index >= 15 is 0 Å². The van der Waals surface area contributed by atoms with Crippen LogP contribution in [0.2, 0.25) is 0 Å². The molecular weight excluding hydrogens is 230 g/mol. The van der Waals surface area contributed by atoms with Gasteiger partial charge in [-0.25, -0.2) is 0 Å². The van der Waals surface area contributed by atoms with Gasteiger partial charge in [0.2, 0.25) is 0 Å². The van der Waals surface area contributed by atoms with Crippen LogP contribution < -0.4 is 10.5 Å². The largest absolute Gasteiger partial charge is 0.486 e. The monoisotopic (exact) mass is 243 g/mol. The second kappa shape index (κ2) is 3.58. The Labute approximate surface area is 87.2 Å². The molecule has 0 radical (unpaired) electrons. The summed E-state index contributed by atoms with van der Waals surface area (Å²) in [6.07, 6.45) is 0. The van der Waals surface area contributed by atoms with Gasteiger partial charge in [-0.1, -0.05) is 6.07 Å². The summed E-state index contributed by atoms with van der Waals surface area (Å²) < 4.78 is 6.53. The van der Waals surface area contributed by atoms with Gasteiger partial charge in [0, 0.05) is 4.47 Å². The van der Waals surface area contributed by atoms with Gasteiger partial charge in [-0.15, -0.1) is 0 Å². The highest BCUT2D eigenvalue weighted by molar-refractivity contribution is 9.10. The molecule has 0 aliphatic heterocycles. The number of hydrogen-bond acceptors (Lipinski definition) is 2. The lowest BCUT2D eigenvalue weighted by Gasteiger charge is -2.22. The van der Waals surface area contributed by atoms with Gasteiger partial charge in [0.1, 0.15) is 11.4 Å². The van der Waals surface area contributed by atoms with Gasteiger partial charge < -0.3 is 10.5 Å². The zero-order chi connectivity index (χ0) is 10.1. The summed E-state index contributed by atoms with van der Waals surface area (Å²) in [5.41, 5.74) is 6.25. The van der Waals surface area contributed by atoms with Gasteiger partial charge >= 0.3 is 0 Å². The maximum Gasteiger partial charge on any atom is 0.144 e. The first-order chi connectivity index (χ1) is 5.90. The standard InChI is InChI=1S/C10H14BrNO/c1-10(2,3)13-8-6-4-5-7(11)9(8)12/h4-6H,12H2,1-3H3. The molecule has 0 saturated heterocycles. The molecule has 0 saturated carbocycles. The van der Waals surface area contributed by atoms with Crippen molar-refractivity contribution < 1.29 is 4.74 Å². The third kappa shape index (κ3) is 2.92. The van der Waals surface area contributed by atoms with Crippen LogP contribution in [0.1, 0.15) is 20.8 Å². The van der Waals surface area contributed by atoms with Gasteiger partial charge in [-0.2, -0.15) is 0 Å². The molecular formula is C10H14BrNO. The first kappa shape index (κ1) is 10.4. The summed E-state index contributed by atoms with van der Waals surface area (Å²) in [4.78, 5) is 0. The average molecular weight is 244 g/mol. The second-order valence-corrected chi connectivity index (χ2v) is 4.72. The Hall–Kier alpha value is -0.700. The number of halogens is 1. The van der Waals surface area contributed by atoms with Crippen LogP contribution in [0.25, 0.3) is 0 Å². The van der Waals surface area contributed by atoms with Crippen molar-refractivity contribution in [2.45, 2.75) is 26.4 Å². The summed E-state index contributed by atoms with van der Waals surface area (Å²) in [6.45, 7) is 5.98. The summed E-state index contributed by atoms with van der Waals surface area (Å²) >= 11 is 3.35. The number of nitrogens with two attached hydrogens (primary N) is 1. The van der Waals surface area contributed by atoms with Crippen LogP contribution in [0.5, 0.6) is 5.75 Å². The van der Waals surface area contributed by atoms with Crippen molar-refractivity contribution in [3.63, 3.8) is 0 Å². The minimum absolute atomic E-state index is 0.213. The highest BCUT2D eigenvalue weighted by atomic mass is 79.9. The Balaban J connectivity index is 2.96. The molecule has 2 nitrogen and oxygen atoms in total. The highest BCUT2D eigenvalue weighted by Gasteiger charge is 2.14. The molecule has 13 heavy (non-hydrogen) atoms. The molecule has 1 rings (SSSR count). The van der Waals surface area contributed by atoms with Crippen molar-refractivity contribution in [3.05, 3.63) is 22.7 Å². The van der Waals surface area contributed by atoms with Crippen molar-refractivity contribution in [1.82, 2.24) is 0 Å². The van der Waals surface area contributed by atoms with E-state index in [4.69, 9.17) is 10.5 Å². The summed E-state index contributed by atoms with van der Waals surface area (Å²) in [5, 5.41) is 0. The molecule has 0 bridgehead atoms. The minimum atomic E-state index is -0.213. The molecule has 0 aliphatic carbocycles. The first-order valence-electron chi connectivity index (χ1n) is 4.13. The minimum Gasteiger partial charge on any atom is -0.486 e. The lowest BCUT2D eigenvalue weighted by molar-refractivity contribution is 0.132. The van der Waals surface area contributed by atoms with Crippen LogP contribution in [0.3, 0.4) is 0 Å². The quantitative estimate of drug-likeness (QED) is 0.770. The molecule has 1 aromatic rings. The molecule has 2 N–H and O–H groups in total. The Kier molecular flexibility index (Phi) is 2.86. The van der Waals surface area contributed by atoms with E-state index in [1.54, 1.807) is 0 Å². The van der Waals surface area contributed by atoms with Crippen LogP contribution >= 0.6 is 15.9 Å². The van der Waals surface area contributed by atoms with Gasteiger partial charge in [-0.05, 0) is 48.8 Å². The molecule has 1 aromatic carbocycles. The smallest absolute Gasteiger partial charge is 0.144 e. The van der Waals surface area contributed by atoms with E-state index in [9.17, 15) is 0 Å². The molecule has 72 valence electrons. The topological polar surface area (TPSA) is 35.2 Å². The van der Waals surface area contributed by atoms with Crippen molar-refractivity contribution >= 4 is 21.6 Å². The molecule has 0 fully saturated rings. The number of anilines is 1. The zero-order valence-corrected chi connectivity index (χ0v) is 9.68. The number of ether oxygens (including phenoxy) is 1. The number of para-hydroxylation sites is 1. The van der Waals surface area contributed by atoms with Crippen molar-refractivity contribution in [1.29, 1.82) is 0 Å². The van der Waals surface area contributed by atoms with Gasteiger partial charge in [0.15, 0.2) is 0 Å². The number of hydrogen-bond donors (Lipinski definition) is 1. The van der Waals surface area contributed by atoms with E-state index < -0.39 is 0 Å². The summed E-state index contributed by atoms with van der Waals surface area (Å²) in [7, 11) is 0. The van der Waals surface area contributed by atoms with E-state index in [1.807, 2.05) is 39.0 Å². The number of benzene rings is 1.